The van der Waals surface area contributed by atoms with Gasteiger partial charge in [0.15, 0.2) is 0 Å². The van der Waals surface area contributed by atoms with Gasteiger partial charge in [-0.1, -0.05) is 29.8 Å². The van der Waals surface area contributed by atoms with E-state index in [-0.39, 0.29) is 12.4 Å². The molecule has 0 fully saturated rings. The van der Waals surface area contributed by atoms with Gasteiger partial charge in [0.05, 0.1) is 6.61 Å². The molecule has 0 unspecified atom stereocenters. The highest BCUT2D eigenvalue weighted by Crippen LogP contribution is 2.16. The molecule has 0 aliphatic rings. The summed E-state index contributed by atoms with van der Waals surface area (Å²) in [5, 5.41) is 10.9. The van der Waals surface area contributed by atoms with E-state index < -0.39 is 6.10 Å². The summed E-state index contributed by atoms with van der Waals surface area (Å²) < 4.78 is 24.5. The summed E-state index contributed by atoms with van der Waals surface area (Å²) in [6.45, 7) is 1.98. The fourth-order valence-corrected chi connectivity index (χ4v) is 2.52. The van der Waals surface area contributed by atoms with Gasteiger partial charge in [-0.25, -0.2) is 4.39 Å². The highest BCUT2D eigenvalue weighted by Gasteiger charge is 2.14. The lowest BCUT2D eigenvalue weighted by atomic mass is 10.2. The number of ether oxygens (including phenoxy) is 2. The van der Waals surface area contributed by atoms with Gasteiger partial charge in [-0.3, -0.25) is 4.90 Å². The first-order valence-corrected chi connectivity index (χ1v) is 8.47. The Labute approximate surface area is 152 Å². The van der Waals surface area contributed by atoms with E-state index in [1.54, 1.807) is 49.6 Å². The Balaban J connectivity index is 1.88. The lowest BCUT2D eigenvalue weighted by molar-refractivity contribution is 0.0538. The zero-order chi connectivity index (χ0) is 18.1. The second-order valence-electron chi connectivity index (χ2n) is 5.74. The number of halogens is 2. The molecule has 2 aromatic carbocycles. The zero-order valence-electron chi connectivity index (χ0n) is 14.2. The molecule has 0 bridgehead atoms. The number of hydrogen-bond donors (Lipinski definition) is 1. The third kappa shape index (κ3) is 7.00. The van der Waals surface area contributed by atoms with Crippen molar-refractivity contribution in [2.45, 2.75) is 12.6 Å². The van der Waals surface area contributed by atoms with Crippen molar-refractivity contribution in [3.8, 4) is 5.75 Å². The number of methoxy groups -OCH3 is 1. The molecule has 0 aromatic heterocycles. The topological polar surface area (TPSA) is 41.9 Å². The summed E-state index contributed by atoms with van der Waals surface area (Å²) in [4.78, 5) is 1.94. The number of nitrogens with zero attached hydrogens (tertiary/aromatic N) is 1. The average Bonchev–Trinajstić information content (AvgIpc) is 2.61. The van der Waals surface area contributed by atoms with Gasteiger partial charge in [0.2, 0.25) is 0 Å². The number of hydrogen-bond acceptors (Lipinski definition) is 4. The Morgan fingerprint density at radius 2 is 1.88 bits per heavy atom. The van der Waals surface area contributed by atoms with Crippen LogP contribution < -0.4 is 4.74 Å². The maximum atomic E-state index is 13.9. The predicted molar refractivity (Wildman–Crippen MR) is 96.5 cm³/mol. The molecule has 2 aromatic rings. The van der Waals surface area contributed by atoms with E-state index in [2.05, 4.69) is 0 Å². The fraction of sp³-hybridized carbons (Fsp3) is 0.368. The fourth-order valence-electron chi connectivity index (χ4n) is 2.40. The maximum Gasteiger partial charge on any atom is 0.127 e. The summed E-state index contributed by atoms with van der Waals surface area (Å²) >= 11 is 5.83. The Morgan fingerprint density at radius 1 is 1.16 bits per heavy atom. The molecule has 25 heavy (non-hydrogen) atoms. The van der Waals surface area contributed by atoms with Gasteiger partial charge in [-0.2, -0.15) is 0 Å². The van der Waals surface area contributed by atoms with Crippen LogP contribution in [0.1, 0.15) is 5.56 Å². The minimum atomic E-state index is -0.709. The molecule has 2 rings (SSSR count). The standard InChI is InChI=1S/C19H23ClFNO3/c1-24-11-10-22(12-15-4-2-3-5-19(15)21)13-17(23)14-25-18-8-6-16(20)7-9-18/h2-9,17,23H,10-14H2,1H3/t17-/m0/s1. The van der Waals surface area contributed by atoms with Crippen LogP contribution in [0.4, 0.5) is 4.39 Å². The highest BCUT2D eigenvalue weighted by molar-refractivity contribution is 6.30. The van der Waals surface area contributed by atoms with Crippen molar-refractivity contribution < 1.29 is 19.0 Å². The second kappa shape index (κ2) is 10.4. The number of benzene rings is 2. The molecule has 0 saturated carbocycles. The molecular weight excluding hydrogens is 345 g/mol. The Bertz CT molecular complexity index is 639. The molecule has 0 amide bonds. The molecule has 0 saturated heterocycles. The van der Waals surface area contributed by atoms with Crippen LogP contribution in [-0.4, -0.2) is 49.5 Å². The summed E-state index contributed by atoms with van der Waals surface area (Å²) in [5.41, 5.74) is 0.587. The van der Waals surface area contributed by atoms with Crippen molar-refractivity contribution in [1.29, 1.82) is 0 Å². The van der Waals surface area contributed by atoms with Gasteiger partial charge >= 0.3 is 0 Å². The van der Waals surface area contributed by atoms with Crippen molar-refractivity contribution in [3.05, 3.63) is 64.9 Å². The van der Waals surface area contributed by atoms with Gasteiger partial charge in [0.1, 0.15) is 24.3 Å². The zero-order valence-corrected chi connectivity index (χ0v) is 15.0. The molecule has 1 atom stereocenters. The third-order valence-corrected chi connectivity index (χ3v) is 3.94. The van der Waals surface area contributed by atoms with Crippen LogP contribution in [-0.2, 0) is 11.3 Å². The summed E-state index contributed by atoms with van der Waals surface area (Å²) in [7, 11) is 1.61. The molecular formula is C19H23ClFNO3. The highest BCUT2D eigenvalue weighted by atomic mass is 35.5. The second-order valence-corrected chi connectivity index (χ2v) is 6.17. The average molecular weight is 368 g/mol. The Hall–Kier alpha value is -1.66. The molecule has 0 radical (unpaired) electrons. The molecule has 0 aliphatic heterocycles. The minimum Gasteiger partial charge on any atom is -0.491 e. The maximum absolute atomic E-state index is 13.9. The van der Waals surface area contributed by atoms with Gasteiger partial charge in [0.25, 0.3) is 0 Å². The van der Waals surface area contributed by atoms with Crippen molar-refractivity contribution in [3.63, 3.8) is 0 Å². The quantitative estimate of drug-likeness (QED) is 0.699. The number of aliphatic hydroxyl groups excluding tert-OH is 1. The predicted octanol–water partition coefficient (Wildman–Crippen LogP) is 3.37. The Kier molecular flexibility index (Phi) is 8.15. The third-order valence-electron chi connectivity index (χ3n) is 3.69. The molecule has 0 aliphatic carbocycles. The lowest BCUT2D eigenvalue weighted by Gasteiger charge is -2.25. The van der Waals surface area contributed by atoms with Crippen LogP contribution in [0, 0.1) is 5.82 Å². The van der Waals surface area contributed by atoms with Crippen molar-refractivity contribution in [2.75, 3.05) is 33.4 Å². The minimum absolute atomic E-state index is 0.141. The van der Waals surface area contributed by atoms with E-state index in [0.717, 1.165) is 0 Å². The SMILES string of the molecule is COCCN(Cc1ccccc1F)C[C@H](O)COc1ccc(Cl)cc1. The molecule has 4 nitrogen and oxygen atoms in total. The monoisotopic (exact) mass is 367 g/mol. The Morgan fingerprint density at radius 3 is 2.56 bits per heavy atom. The summed E-state index contributed by atoms with van der Waals surface area (Å²) in [6, 6.07) is 13.6. The van der Waals surface area contributed by atoms with Crippen LogP contribution in [0.5, 0.6) is 5.75 Å². The van der Waals surface area contributed by atoms with Crippen LogP contribution in [0.15, 0.2) is 48.5 Å². The van der Waals surface area contributed by atoms with Crippen LogP contribution >= 0.6 is 11.6 Å². The normalized spacial score (nSPS) is 12.4. The van der Waals surface area contributed by atoms with Gasteiger partial charge in [-0.15, -0.1) is 0 Å². The van der Waals surface area contributed by atoms with Gasteiger partial charge < -0.3 is 14.6 Å². The first-order valence-electron chi connectivity index (χ1n) is 8.09. The van der Waals surface area contributed by atoms with Gasteiger partial charge in [-0.05, 0) is 30.3 Å². The number of aliphatic hydroxyl groups is 1. The first kappa shape index (κ1) is 19.7. The van der Waals surface area contributed by atoms with E-state index in [4.69, 9.17) is 21.1 Å². The van der Waals surface area contributed by atoms with Crippen molar-refractivity contribution in [1.82, 2.24) is 4.90 Å². The molecule has 0 spiro atoms. The van der Waals surface area contributed by atoms with Crippen LogP contribution in [0.25, 0.3) is 0 Å². The molecule has 6 heteroatoms. The van der Waals surface area contributed by atoms with E-state index in [9.17, 15) is 9.50 Å². The molecule has 1 N–H and O–H groups in total. The van der Waals surface area contributed by atoms with E-state index in [0.29, 0.717) is 42.6 Å². The van der Waals surface area contributed by atoms with Crippen LogP contribution in [0.2, 0.25) is 5.02 Å². The lowest BCUT2D eigenvalue weighted by Crippen LogP contribution is -2.37. The number of rotatable bonds is 10. The van der Waals surface area contributed by atoms with E-state index in [1.807, 2.05) is 4.90 Å². The summed E-state index contributed by atoms with van der Waals surface area (Å²) in [6.07, 6.45) is -0.709. The van der Waals surface area contributed by atoms with Crippen molar-refractivity contribution in [2.24, 2.45) is 0 Å². The van der Waals surface area contributed by atoms with Crippen LogP contribution in [0.3, 0.4) is 0 Å². The van der Waals surface area contributed by atoms with Crippen molar-refractivity contribution >= 4 is 11.6 Å². The van der Waals surface area contributed by atoms with E-state index >= 15 is 0 Å². The smallest absolute Gasteiger partial charge is 0.127 e. The largest absolute Gasteiger partial charge is 0.491 e. The van der Waals surface area contributed by atoms with E-state index in [1.165, 1.54) is 6.07 Å². The summed E-state index contributed by atoms with van der Waals surface area (Å²) in [5.74, 6) is 0.387. The first-order chi connectivity index (χ1) is 12.1. The molecule has 136 valence electrons. The molecule has 0 heterocycles. The van der Waals surface area contributed by atoms with Gasteiger partial charge in [0, 0.05) is 37.3 Å².